The molecule has 0 amide bonds. The first-order chi connectivity index (χ1) is 17.4. The lowest BCUT2D eigenvalue weighted by Gasteiger charge is -2.24. The van der Waals surface area contributed by atoms with Crippen molar-refractivity contribution in [1.29, 1.82) is 0 Å². The van der Waals surface area contributed by atoms with Crippen molar-refractivity contribution in [3.8, 4) is 0 Å². The predicted molar refractivity (Wildman–Crippen MR) is 189 cm³/mol. The fraction of sp³-hybridized carbons (Fsp3) is 1.00. The first-order valence-electron chi connectivity index (χ1n) is 12.2. The topological polar surface area (TPSA) is 50.1 Å². The molecule has 0 spiro atoms. The van der Waals surface area contributed by atoms with E-state index in [4.69, 9.17) is 18.9 Å². The normalized spacial score (nSPS) is 43.5. The summed E-state index contributed by atoms with van der Waals surface area (Å²) in [6, 6.07) is 0. The molecule has 0 N–H and O–H groups in total. The molecule has 4 aliphatic rings. The molecule has 0 aromatic rings. The number of thioether (sulfide) groups is 7. The Hall–Kier alpha value is 3.69. The van der Waals surface area contributed by atoms with Crippen molar-refractivity contribution in [2.24, 2.45) is 0 Å². The second-order valence-electron chi connectivity index (χ2n) is 9.79. The number of ether oxygens (including phenoxy) is 4. The Morgan fingerprint density at radius 2 is 0.811 bits per heavy atom. The summed E-state index contributed by atoms with van der Waals surface area (Å²) < 4.78 is 22.6. The number of hydrogen-bond donors (Lipinski definition) is 4. The molecule has 0 saturated carbocycles. The average molecular weight is 719 g/mol. The molecule has 10 atom stereocenters. The molecule has 0 bridgehead atoms. The zero-order valence-electron chi connectivity index (χ0n) is 21.4. The zero-order valence-corrected chi connectivity index (χ0v) is 30.7. The van der Waals surface area contributed by atoms with Gasteiger partial charge in [-0.05, 0) is 27.7 Å². The van der Waals surface area contributed by atoms with E-state index in [1.165, 1.54) is 0 Å². The van der Waals surface area contributed by atoms with Gasteiger partial charge in [0.05, 0.1) is 0 Å². The first kappa shape index (κ1) is 33.6. The van der Waals surface area contributed by atoms with Gasteiger partial charge < -0.3 is 18.9 Å². The Morgan fingerprint density at radius 3 is 1.11 bits per heavy atom. The minimum atomic E-state index is -0.140. The minimum absolute atomic E-state index is 0.0496. The Labute approximate surface area is 274 Å². The van der Waals surface area contributed by atoms with Gasteiger partial charge in [-0.25, -0.2) is 0 Å². The number of thiol groups is 4. The lowest BCUT2D eigenvalue weighted by atomic mass is 10.5. The van der Waals surface area contributed by atoms with E-state index in [0.717, 1.165) is 46.0 Å². The molecular weight excluding hydrogens is 681 g/mol. The minimum Gasteiger partial charge on any atom is -0.343 e. The van der Waals surface area contributed by atoms with Crippen LogP contribution < -0.4 is 0 Å². The molecule has 0 aromatic heterocycles. The highest BCUT2D eigenvalue weighted by Gasteiger charge is 2.53. The Bertz CT molecular complexity index is 712. The summed E-state index contributed by atoms with van der Waals surface area (Å²) in [5.41, 5.74) is 0.262. The molecule has 4 heterocycles. The van der Waals surface area contributed by atoms with Crippen molar-refractivity contribution in [2.45, 2.75) is 79.7 Å². The van der Waals surface area contributed by atoms with Gasteiger partial charge in [-0.3, -0.25) is 0 Å². The van der Waals surface area contributed by atoms with Crippen molar-refractivity contribution in [3.05, 3.63) is 0 Å². The third kappa shape index (κ3) is 10.4. The second kappa shape index (κ2) is 14.2. The van der Waals surface area contributed by atoms with Gasteiger partial charge in [-0.1, -0.05) is 0 Å². The van der Waals surface area contributed by atoms with Crippen LogP contribution in [0.1, 0.15) is 27.7 Å². The third-order valence-electron chi connectivity index (χ3n) is 6.28. The van der Waals surface area contributed by atoms with Crippen molar-refractivity contribution >= 4 is 133 Å². The van der Waals surface area contributed by atoms with Crippen LogP contribution in [0.5, 0.6) is 0 Å². The van der Waals surface area contributed by atoms with Gasteiger partial charge in [0.1, 0.15) is 41.5 Å². The Kier molecular flexibility index (Phi) is 12.9. The van der Waals surface area contributed by atoms with Crippen LogP contribution in [0.25, 0.3) is 0 Å². The van der Waals surface area contributed by atoms with Crippen LogP contribution in [-0.4, -0.2) is 98.0 Å². The highest BCUT2D eigenvalue weighted by Crippen LogP contribution is 2.52. The maximum absolute atomic E-state index is 5.74. The van der Waals surface area contributed by atoms with Crippen LogP contribution >= 0.6 is 133 Å². The molecule has 0 radical (unpaired) electrons. The molecule has 10 unspecified atom stereocenters. The van der Waals surface area contributed by atoms with E-state index in [0.29, 0.717) is 10.5 Å². The second-order valence-corrected chi connectivity index (χ2v) is 21.5. The molecule has 0 aliphatic carbocycles. The monoisotopic (exact) mass is 718 g/mol. The summed E-state index contributed by atoms with van der Waals surface area (Å²) in [6.07, 6.45) is 0. The van der Waals surface area contributed by atoms with E-state index in [1.807, 2.05) is 47.0 Å². The van der Waals surface area contributed by atoms with Gasteiger partial charge in [-0.2, -0.15) is 35.3 Å². The summed E-state index contributed by atoms with van der Waals surface area (Å²) in [4.78, 5) is -0.460. The molecule has 4 aliphatic heterocycles. The van der Waals surface area contributed by atoms with Gasteiger partial charge >= 0.3 is 0 Å². The lowest BCUT2D eigenvalue weighted by Crippen LogP contribution is -2.23. The fourth-order valence-electron chi connectivity index (χ4n) is 3.25. The number of rotatable bonds is 20. The molecular formula is C22H38O4S11. The largest absolute Gasteiger partial charge is 0.343 e. The van der Waals surface area contributed by atoms with Gasteiger partial charge in [0.15, 0.2) is 0 Å². The van der Waals surface area contributed by atoms with Crippen LogP contribution in [0, 0.1) is 0 Å². The lowest BCUT2D eigenvalue weighted by molar-refractivity contribution is 0.394. The summed E-state index contributed by atoms with van der Waals surface area (Å²) in [5, 5.41) is 1.10. The van der Waals surface area contributed by atoms with Gasteiger partial charge in [-0.15, -0.1) is 97.6 Å². The molecule has 4 fully saturated rings. The van der Waals surface area contributed by atoms with E-state index in [2.05, 4.69) is 113 Å². The van der Waals surface area contributed by atoms with Gasteiger partial charge in [0.25, 0.3) is 0 Å². The van der Waals surface area contributed by atoms with Crippen LogP contribution in [0.2, 0.25) is 0 Å². The zero-order chi connectivity index (χ0) is 26.9. The number of hydrogen-bond acceptors (Lipinski definition) is 15. The average Bonchev–Trinajstić information content (AvgIpc) is 3.79. The molecule has 216 valence electrons. The van der Waals surface area contributed by atoms with Crippen LogP contribution in [0.15, 0.2) is 0 Å². The van der Waals surface area contributed by atoms with Crippen LogP contribution in [0.3, 0.4) is 0 Å². The van der Waals surface area contributed by atoms with E-state index < -0.39 is 0 Å². The van der Waals surface area contributed by atoms with Crippen molar-refractivity contribution in [2.75, 3.05) is 46.0 Å². The number of epoxide rings is 4. The van der Waals surface area contributed by atoms with Crippen molar-refractivity contribution in [3.63, 3.8) is 0 Å². The summed E-state index contributed by atoms with van der Waals surface area (Å²) in [7, 11) is 0. The van der Waals surface area contributed by atoms with E-state index in [-0.39, 0.29) is 41.5 Å². The SMILES string of the molecule is CC1(SCCSCC(CSC2(C)OC2S)SC(CSCCSC2(C)OC2S)CSC2(C)OC2S)OC1S. The molecule has 4 nitrogen and oxygen atoms in total. The Morgan fingerprint density at radius 1 is 0.514 bits per heavy atom. The Balaban J connectivity index is 1.23. The van der Waals surface area contributed by atoms with E-state index in [1.54, 1.807) is 0 Å². The quantitative estimate of drug-likeness (QED) is 0.0607. The van der Waals surface area contributed by atoms with Crippen molar-refractivity contribution in [1.82, 2.24) is 0 Å². The molecule has 4 saturated heterocycles. The van der Waals surface area contributed by atoms with Crippen LogP contribution in [0.4, 0.5) is 0 Å². The molecule has 0 aromatic carbocycles. The smallest absolute Gasteiger partial charge is 0.147 e. The third-order valence-corrected chi connectivity index (χ3v) is 19.9. The summed E-state index contributed by atoms with van der Waals surface area (Å²) in [6.45, 7) is 8.57. The van der Waals surface area contributed by atoms with E-state index in [9.17, 15) is 0 Å². The van der Waals surface area contributed by atoms with Gasteiger partial charge in [0, 0.05) is 56.5 Å². The maximum atomic E-state index is 5.74. The predicted octanol–water partition coefficient (Wildman–Crippen LogP) is 6.87. The highest BCUT2D eigenvalue weighted by molar-refractivity contribution is 8.09. The standard InChI is InChI=1S/C22H38O4S11/c1-19(15(27)23-19)33-7-5-31-9-13(11-35-21(3)17(29)25-21)37-14(12-36-22(4)18(30)26-22)10-32-6-8-34-20(2)16(28)24-20/h13-18,27-30H,5-12H2,1-4H3. The van der Waals surface area contributed by atoms with Gasteiger partial charge in [0.2, 0.25) is 0 Å². The van der Waals surface area contributed by atoms with E-state index >= 15 is 0 Å². The maximum Gasteiger partial charge on any atom is 0.147 e. The van der Waals surface area contributed by atoms with Crippen molar-refractivity contribution < 1.29 is 18.9 Å². The molecule has 15 heteroatoms. The fourth-order valence-corrected chi connectivity index (χ4v) is 14.4. The van der Waals surface area contributed by atoms with Crippen LogP contribution in [-0.2, 0) is 18.9 Å². The molecule has 4 rings (SSSR count). The summed E-state index contributed by atoms with van der Waals surface area (Å²) in [5.74, 6) is 8.84. The summed E-state index contributed by atoms with van der Waals surface area (Å²) >= 11 is 31.8. The highest BCUT2D eigenvalue weighted by atomic mass is 32.2. The molecule has 37 heavy (non-hydrogen) atoms. The first-order valence-corrected chi connectivity index (χ1v) is 21.4.